The highest BCUT2D eigenvalue weighted by Crippen LogP contribution is 2.15. The van der Waals surface area contributed by atoms with Crippen molar-refractivity contribution in [1.29, 1.82) is 0 Å². The molecule has 0 aliphatic carbocycles. The minimum absolute atomic E-state index is 0.401. The van der Waals surface area contributed by atoms with Gasteiger partial charge in [-0.25, -0.2) is 4.79 Å². The molecule has 140 valence electrons. The maximum absolute atomic E-state index is 11.9. The zero-order chi connectivity index (χ0) is 19.6. The summed E-state index contributed by atoms with van der Waals surface area (Å²) in [6.45, 7) is 1.42. The number of hydrogen-bond donors (Lipinski definition) is 2. The minimum atomic E-state index is -1.06. The molecule has 2 rings (SSSR count). The first-order chi connectivity index (χ1) is 13.0. The van der Waals surface area contributed by atoms with Crippen LogP contribution in [-0.4, -0.2) is 30.1 Å². The quantitative estimate of drug-likeness (QED) is 0.346. The van der Waals surface area contributed by atoms with E-state index in [1.54, 1.807) is 48.2 Å². The molecule has 0 fully saturated rings. The van der Waals surface area contributed by atoms with Crippen LogP contribution in [0, 0.1) is 0 Å². The number of carbonyl (C=O) groups is 3. The van der Waals surface area contributed by atoms with Crippen molar-refractivity contribution in [2.24, 2.45) is 0 Å². The summed E-state index contributed by atoms with van der Waals surface area (Å²) in [6.07, 6.45) is 3.78. The van der Waals surface area contributed by atoms with Gasteiger partial charge in [-0.1, -0.05) is 30.3 Å². The summed E-state index contributed by atoms with van der Waals surface area (Å²) in [7, 11) is 0. The second kappa shape index (κ2) is 10.2. The first kappa shape index (κ1) is 20.3. The normalized spacial score (nSPS) is 11.6. The van der Waals surface area contributed by atoms with Gasteiger partial charge in [0.05, 0.1) is 0 Å². The molecule has 0 aromatic heterocycles. The van der Waals surface area contributed by atoms with Gasteiger partial charge in [-0.3, -0.25) is 20.4 Å². The second-order valence-electron chi connectivity index (χ2n) is 5.50. The molecule has 0 saturated carbocycles. The second-order valence-corrected chi connectivity index (χ2v) is 6.37. The molecule has 2 aromatic rings. The summed E-state index contributed by atoms with van der Waals surface area (Å²) in [5.74, 6) is -1.75. The molecule has 7 heteroatoms. The lowest BCUT2D eigenvalue weighted by Gasteiger charge is -2.13. The predicted molar refractivity (Wildman–Crippen MR) is 105 cm³/mol. The van der Waals surface area contributed by atoms with Gasteiger partial charge in [0.25, 0.3) is 11.8 Å². The molecule has 0 spiro atoms. The fourth-order valence-corrected chi connectivity index (χ4v) is 2.44. The number of hydrogen-bond acceptors (Lipinski definition) is 5. The van der Waals surface area contributed by atoms with Crippen LogP contribution in [0.25, 0.3) is 6.08 Å². The molecule has 27 heavy (non-hydrogen) atoms. The Morgan fingerprint density at radius 3 is 2.30 bits per heavy atom. The lowest BCUT2D eigenvalue weighted by molar-refractivity contribution is -0.150. The van der Waals surface area contributed by atoms with Crippen molar-refractivity contribution in [3.63, 3.8) is 0 Å². The Morgan fingerprint density at radius 2 is 1.67 bits per heavy atom. The predicted octanol–water partition coefficient (Wildman–Crippen LogP) is 2.81. The third-order valence-electron chi connectivity index (χ3n) is 3.53. The minimum Gasteiger partial charge on any atom is -0.449 e. The van der Waals surface area contributed by atoms with E-state index in [0.29, 0.717) is 5.56 Å². The van der Waals surface area contributed by atoms with Gasteiger partial charge in [-0.15, -0.1) is 11.8 Å². The number of ether oxygens (including phenoxy) is 1. The third kappa shape index (κ3) is 6.63. The molecular weight excluding hydrogens is 364 g/mol. The largest absolute Gasteiger partial charge is 0.449 e. The zero-order valence-electron chi connectivity index (χ0n) is 15.0. The number of rotatable bonds is 6. The SMILES string of the molecule is CSc1ccc(/C=C/C(=O)O[C@@H](C)C(=O)NNC(=O)c2ccccc2)cc1. The molecule has 0 aliphatic rings. The number of esters is 1. The van der Waals surface area contributed by atoms with Gasteiger partial charge in [-0.2, -0.15) is 0 Å². The lowest BCUT2D eigenvalue weighted by Crippen LogP contribution is -2.46. The van der Waals surface area contributed by atoms with Crippen molar-refractivity contribution in [3.05, 3.63) is 71.8 Å². The van der Waals surface area contributed by atoms with Gasteiger partial charge in [-0.05, 0) is 49.1 Å². The zero-order valence-corrected chi connectivity index (χ0v) is 15.8. The molecule has 2 aromatic carbocycles. The summed E-state index contributed by atoms with van der Waals surface area (Å²) in [5.41, 5.74) is 5.75. The van der Waals surface area contributed by atoms with Crippen LogP contribution in [0.1, 0.15) is 22.8 Å². The Hall–Kier alpha value is -3.06. The fraction of sp³-hybridized carbons (Fsp3) is 0.150. The summed E-state index contributed by atoms with van der Waals surface area (Å²) in [6, 6.07) is 16.1. The first-order valence-corrected chi connectivity index (χ1v) is 9.40. The van der Waals surface area contributed by atoms with E-state index < -0.39 is 23.9 Å². The van der Waals surface area contributed by atoms with Gasteiger partial charge in [0.1, 0.15) is 0 Å². The Labute approximate surface area is 162 Å². The molecular formula is C20H20N2O4S. The molecule has 0 bridgehead atoms. The Balaban J connectivity index is 1.79. The molecule has 0 unspecified atom stereocenters. The van der Waals surface area contributed by atoms with Crippen LogP contribution < -0.4 is 10.9 Å². The Kier molecular flexibility index (Phi) is 7.63. The van der Waals surface area contributed by atoms with Gasteiger partial charge in [0.15, 0.2) is 6.10 Å². The highest BCUT2D eigenvalue weighted by molar-refractivity contribution is 7.98. The van der Waals surface area contributed by atoms with Crippen LogP contribution in [0.15, 0.2) is 65.6 Å². The van der Waals surface area contributed by atoms with E-state index in [9.17, 15) is 14.4 Å². The van der Waals surface area contributed by atoms with Gasteiger partial charge < -0.3 is 4.74 Å². The van der Waals surface area contributed by atoms with Crippen LogP contribution in [0.5, 0.6) is 0 Å². The van der Waals surface area contributed by atoms with Crippen LogP contribution in [-0.2, 0) is 14.3 Å². The Bertz CT molecular complexity index is 820. The fourth-order valence-electron chi connectivity index (χ4n) is 2.03. The summed E-state index contributed by atoms with van der Waals surface area (Å²) in [4.78, 5) is 36.7. The summed E-state index contributed by atoms with van der Waals surface area (Å²) in [5, 5.41) is 0. The van der Waals surface area contributed by atoms with Crippen LogP contribution in [0.2, 0.25) is 0 Å². The van der Waals surface area contributed by atoms with Crippen molar-refractivity contribution in [1.82, 2.24) is 10.9 Å². The highest BCUT2D eigenvalue weighted by Gasteiger charge is 2.17. The molecule has 1 atom stereocenters. The maximum Gasteiger partial charge on any atom is 0.331 e. The van der Waals surface area contributed by atoms with Gasteiger partial charge >= 0.3 is 5.97 Å². The van der Waals surface area contributed by atoms with E-state index in [-0.39, 0.29) is 0 Å². The third-order valence-corrected chi connectivity index (χ3v) is 4.27. The Morgan fingerprint density at radius 1 is 1.00 bits per heavy atom. The maximum atomic E-state index is 11.9. The van der Waals surface area contributed by atoms with E-state index in [1.807, 2.05) is 30.5 Å². The van der Waals surface area contributed by atoms with Crippen molar-refractivity contribution in [3.8, 4) is 0 Å². The number of hydrazine groups is 1. The molecule has 0 heterocycles. The number of thioether (sulfide) groups is 1. The van der Waals surface area contributed by atoms with E-state index in [2.05, 4.69) is 10.9 Å². The van der Waals surface area contributed by atoms with E-state index in [1.165, 1.54) is 13.0 Å². The van der Waals surface area contributed by atoms with Crippen LogP contribution in [0.3, 0.4) is 0 Å². The van der Waals surface area contributed by atoms with Crippen molar-refractivity contribution >= 4 is 35.6 Å². The van der Waals surface area contributed by atoms with Crippen molar-refractivity contribution in [2.45, 2.75) is 17.9 Å². The standard InChI is InChI=1S/C20H20N2O4S/c1-14(19(24)21-22-20(25)16-6-4-3-5-7-16)26-18(23)13-10-15-8-11-17(27-2)12-9-15/h3-14H,1-2H3,(H,21,24)(H,22,25)/b13-10+/t14-/m0/s1. The van der Waals surface area contributed by atoms with Crippen molar-refractivity contribution < 1.29 is 19.1 Å². The van der Waals surface area contributed by atoms with Crippen molar-refractivity contribution in [2.75, 3.05) is 6.26 Å². The molecule has 6 nitrogen and oxygen atoms in total. The molecule has 2 amide bonds. The topological polar surface area (TPSA) is 84.5 Å². The lowest BCUT2D eigenvalue weighted by atomic mass is 10.2. The van der Waals surface area contributed by atoms with Crippen LogP contribution in [0.4, 0.5) is 0 Å². The average Bonchev–Trinajstić information content (AvgIpc) is 2.71. The number of nitrogens with one attached hydrogen (secondary N) is 2. The number of benzene rings is 2. The summed E-state index contributed by atoms with van der Waals surface area (Å²) >= 11 is 1.63. The first-order valence-electron chi connectivity index (χ1n) is 8.17. The highest BCUT2D eigenvalue weighted by atomic mass is 32.2. The molecule has 0 radical (unpaired) electrons. The van der Waals surface area contributed by atoms with E-state index in [0.717, 1.165) is 10.5 Å². The number of carbonyl (C=O) groups excluding carboxylic acids is 3. The monoisotopic (exact) mass is 384 g/mol. The molecule has 0 saturated heterocycles. The summed E-state index contributed by atoms with van der Waals surface area (Å²) < 4.78 is 5.02. The van der Waals surface area contributed by atoms with E-state index in [4.69, 9.17) is 4.74 Å². The smallest absolute Gasteiger partial charge is 0.331 e. The van der Waals surface area contributed by atoms with Gasteiger partial charge in [0, 0.05) is 16.5 Å². The molecule has 2 N–H and O–H groups in total. The van der Waals surface area contributed by atoms with E-state index >= 15 is 0 Å². The number of amides is 2. The molecule has 0 aliphatic heterocycles. The average molecular weight is 384 g/mol. The van der Waals surface area contributed by atoms with Gasteiger partial charge in [0.2, 0.25) is 0 Å². The van der Waals surface area contributed by atoms with Crippen LogP contribution >= 0.6 is 11.8 Å².